The van der Waals surface area contributed by atoms with Crippen LogP contribution in [0.3, 0.4) is 0 Å². The van der Waals surface area contributed by atoms with E-state index in [0.29, 0.717) is 0 Å². The van der Waals surface area contributed by atoms with Crippen LogP contribution in [0.15, 0.2) is 0 Å². The Bertz CT molecular complexity index is 253. The van der Waals surface area contributed by atoms with E-state index in [1.807, 2.05) is 0 Å². The van der Waals surface area contributed by atoms with Gasteiger partial charge in [0.1, 0.15) is 6.71 Å². The summed E-state index contributed by atoms with van der Waals surface area (Å²) in [5, 5.41) is 0. The van der Waals surface area contributed by atoms with Gasteiger partial charge >= 0.3 is 0 Å². The van der Waals surface area contributed by atoms with Crippen molar-refractivity contribution < 1.29 is 0 Å². The Labute approximate surface area is 200 Å². The van der Waals surface area contributed by atoms with Crippen LogP contribution in [0.1, 0.15) is 175 Å². The molecule has 0 radical (unpaired) electrons. The van der Waals surface area contributed by atoms with Crippen LogP contribution in [-0.2, 0) is 0 Å². The van der Waals surface area contributed by atoms with Gasteiger partial charge in [0.05, 0.1) is 0 Å². The first-order chi connectivity index (χ1) is 15.3. The second-order valence-corrected chi connectivity index (χ2v) is 10.7. The van der Waals surface area contributed by atoms with E-state index in [-0.39, 0.29) is 0 Å². The highest BCUT2D eigenvalue weighted by molar-refractivity contribution is 6.58. The maximum absolute atomic E-state index is 2.32. The Morgan fingerprint density at radius 1 is 0.258 bits per heavy atom. The molecule has 1 heteroatoms. The third-order valence-corrected chi connectivity index (χ3v) is 7.40. The van der Waals surface area contributed by atoms with Crippen molar-refractivity contribution in [3.63, 3.8) is 0 Å². The van der Waals surface area contributed by atoms with Crippen molar-refractivity contribution in [3.8, 4) is 0 Å². The first kappa shape index (κ1) is 31.1. The topological polar surface area (TPSA) is 0 Å². The quantitative estimate of drug-likeness (QED) is 0.0890. The minimum absolute atomic E-state index is 1.04. The van der Waals surface area contributed by atoms with Crippen LogP contribution in [0, 0.1) is 0 Å². The predicted molar refractivity (Wildman–Crippen MR) is 148 cm³/mol. The molecule has 0 bridgehead atoms. The summed E-state index contributed by atoms with van der Waals surface area (Å²) in [6.45, 7) is 8.00. The number of rotatable bonds is 27. The van der Waals surface area contributed by atoms with Crippen LogP contribution < -0.4 is 0 Å². The first-order valence-electron chi connectivity index (χ1n) is 15.3. The van der Waals surface area contributed by atoms with Crippen molar-refractivity contribution in [3.05, 3.63) is 0 Å². The predicted octanol–water partition coefficient (Wildman–Crippen LogP) is 11.9. The molecule has 0 unspecified atom stereocenters. The average molecular weight is 435 g/mol. The molecule has 0 amide bonds. The molecule has 0 rings (SSSR count). The summed E-state index contributed by atoms with van der Waals surface area (Å²) in [7, 11) is 0. The Balaban J connectivity index is 3.82. The largest absolute Gasteiger partial charge is 0.139 e. The summed E-state index contributed by atoms with van der Waals surface area (Å²) in [6.07, 6.45) is 39.8. The summed E-state index contributed by atoms with van der Waals surface area (Å²) in [5.74, 6) is 0. The summed E-state index contributed by atoms with van der Waals surface area (Å²) in [6, 6.07) is 0. The monoisotopic (exact) mass is 435 g/mol. The van der Waals surface area contributed by atoms with Gasteiger partial charge in [-0.15, -0.1) is 0 Å². The fourth-order valence-corrected chi connectivity index (χ4v) is 5.13. The SMILES string of the molecule is CCCCCCCCCCB(CCCCCCCCCC)CCCCCCCCCC. The molecule has 0 aromatic rings. The normalized spacial score (nSPS) is 11.3. The minimum Gasteiger partial charge on any atom is -0.0741 e. The Morgan fingerprint density at radius 3 is 0.677 bits per heavy atom. The zero-order chi connectivity index (χ0) is 22.7. The number of hydrogen-bond acceptors (Lipinski definition) is 0. The van der Waals surface area contributed by atoms with Crippen LogP contribution in [-0.4, -0.2) is 6.71 Å². The van der Waals surface area contributed by atoms with Crippen LogP contribution in [0.4, 0.5) is 0 Å². The molecule has 0 aromatic heterocycles. The van der Waals surface area contributed by atoms with Gasteiger partial charge in [-0.25, -0.2) is 0 Å². The van der Waals surface area contributed by atoms with Gasteiger partial charge in [0.2, 0.25) is 0 Å². The fourth-order valence-electron chi connectivity index (χ4n) is 5.13. The second-order valence-electron chi connectivity index (χ2n) is 10.7. The summed E-state index contributed by atoms with van der Waals surface area (Å²) in [4.78, 5) is 0. The molecule has 0 saturated heterocycles. The minimum atomic E-state index is 1.04. The zero-order valence-corrected chi connectivity index (χ0v) is 22.7. The van der Waals surface area contributed by atoms with Crippen molar-refractivity contribution in [2.75, 3.05) is 0 Å². The van der Waals surface area contributed by atoms with Crippen LogP contribution in [0.2, 0.25) is 19.0 Å². The standard InChI is InChI=1S/C30H63B/c1-4-7-10-13-16-19-22-25-28-31(29-26-23-20-17-14-11-8-5-2)30-27-24-21-18-15-12-9-6-3/h4-30H2,1-3H3. The molecule has 0 aliphatic rings. The zero-order valence-electron chi connectivity index (χ0n) is 22.7. The molecule has 0 fully saturated rings. The third-order valence-electron chi connectivity index (χ3n) is 7.40. The van der Waals surface area contributed by atoms with E-state index in [9.17, 15) is 0 Å². The Hall–Kier alpha value is 0.0649. The summed E-state index contributed by atoms with van der Waals surface area (Å²) < 4.78 is 0. The van der Waals surface area contributed by atoms with E-state index in [0.717, 1.165) is 6.71 Å². The van der Waals surface area contributed by atoms with Gasteiger partial charge in [-0.05, 0) is 0 Å². The molecule has 186 valence electrons. The molecule has 0 aliphatic carbocycles. The molecule has 0 aliphatic heterocycles. The summed E-state index contributed by atoms with van der Waals surface area (Å²) >= 11 is 0. The molecule has 0 nitrogen and oxygen atoms in total. The number of hydrogen-bond donors (Lipinski definition) is 0. The van der Waals surface area contributed by atoms with Gasteiger partial charge in [0.15, 0.2) is 0 Å². The van der Waals surface area contributed by atoms with Gasteiger partial charge in [-0.2, -0.15) is 0 Å². The highest BCUT2D eigenvalue weighted by atomic mass is 14.0. The Morgan fingerprint density at radius 2 is 0.452 bits per heavy atom. The van der Waals surface area contributed by atoms with E-state index in [2.05, 4.69) is 20.8 Å². The molecular weight excluding hydrogens is 371 g/mol. The lowest BCUT2D eigenvalue weighted by molar-refractivity contribution is 0.577. The molecular formula is C30H63B. The summed E-state index contributed by atoms with van der Waals surface area (Å²) in [5.41, 5.74) is 0. The maximum atomic E-state index is 2.32. The lowest BCUT2D eigenvalue weighted by Crippen LogP contribution is -2.12. The van der Waals surface area contributed by atoms with Gasteiger partial charge in [0, 0.05) is 0 Å². The highest BCUT2D eigenvalue weighted by Crippen LogP contribution is 2.21. The molecule has 0 N–H and O–H groups in total. The van der Waals surface area contributed by atoms with Crippen molar-refractivity contribution in [1.82, 2.24) is 0 Å². The van der Waals surface area contributed by atoms with E-state index >= 15 is 0 Å². The Kier molecular flexibility index (Phi) is 28.2. The van der Waals surface area contributed by atoms with Crippen molar-refractivity contribution in [1.29, 1.82) is 0 Å². The molecule has 31 heavy (non-hydrogen) atoms. The average Bonchev–Trinajstić information content (AvgIpc) is 2.78. The maximum Gasteiger partial charge on any atom is 0.139 e. The second kappa shape index (κ2) is 28.1. The van der Waals surface area contributed by atoms with Gasteiger partial charge < -0.3 is 0 Å². The van der Waals surface area contributed by atoms with E-state index in [4.69, 9.17) is 0 Å². The molecule has 0 aromatic carbocycles. The molecule has 0 atom stereocenters. The third kappa shape index (κ3) is 26.2. The molecule has 0 spiro atoms. The van der Waals surface area contributed by atoms with E-state index in [1.165, 1.54) is 173 Å². The van der Waals surface area contributed by atoms with Crippen molar-refractivity contribution >= 4 is 6.71 Å². The van der Waals surface area contributed by atoms with Crippen molar-refractivity contribution in [2.24, 2.45) is 0 Å². The van der Waals surface area contributed by atoms with E-state index < -0.39 is 0 Å². The lowest BCUT2D eigenvalue weighted by atomic mass is 9.41. The smallest absolute Gasteiger partial charge is 0.0741 e. The van der Waals surface area contributed by atoms with Gasteiger partial charge in [-0.3, -0.25) is 0 Å². The highest BCUT2D eigenvalue weighted by Gasteiger charge is 2.12. The van der Waals surface area contributed by atoms with Gasteiger partial charge in [0.25, 0.3) is 0 Å². The van der Waals surface area contributed by atoms with Crippen molar-refractivity contribution in [2.45, 2.75) is 194 Å². The fraction of sp³-hybridized carbons (Fsp3) is 1.00. The lowest BCUT2D eigenvalue weighted by Gasteiger charge is -2.14. The molecule has 0 saturated carbocycles. The molecule has 0 heterocycles. The number of unbranched alkanes of at least 4 members (excludes halogenated alkanes) is 21. The van der Waals surface area contributed by atoms with Crippen LogP contribution in [0.25, 0.3) is 0 Å². The first-order valence-corrected chi connectivity index (χ1v) is 15.3. The van der Waals surface area contributed by atoms with Crippen LogP contribution >= 0.6 is 0 Å². The van der Waals surface area contributed by atoms with E-state index in [1.54, 1.807) is 0 Å². The van der Waals surface area contributed by atoms with Gasteiger partial charge in [-0.1, -0.05) is 194 Å². The van der Waals surface area contributed by atoms with Crippen LogP contribution in [0.5, 0.6) is 0 Å².